The third-order valence-corrected chi connectivity index (χ3v) is 4.96. The van der Waals surface area contributed by atoms with Gasteiger partial charge in [-0.05, 0) is 5.41 Å². The molecule has 1 atom stereocenters. The number of anilines is 1. The Morgan fingerprint density at radius 3 is 2.43 bits per heavy atom. The fraction of sp³-hybridized carbons (Fsp3) is 0.500. The molecule has 4 nitrogen and oxygen atoms in total. The van der Waals surface area contributed by atoms with Gasteiger partial charge in [-0.2, -0.15) is 0 Å². The Bertz CT molecular complexity index is 617. The van der Waals surface area contributed by atoms with E-state index in [0.717, 1.165) is 16.4 Å². The lowest BCUT2D eigenvalue weighted by Gasteiger charge is -2.25. The molecule has 0 saturated carbocycles. The van der Waals surface area contributed by atoms with E-state index in [1.165, 1.54) is 4.88 Å². The topological polar surface area (TPSA) is 48.4 Å². The number of hydrogen-bond donors (Lipinski definition) is 2. The highest BCUT2D eigenvalue weighted by molar-refractivity contribution is 7.16. The van der Waals surface area contributed by atoms with Crippen LogP contribution in [0.15, 0.2) is 30.3 Å². The fourth-order valence-electron chi connectivity index (χ4n) is 2.10. The predicted molar refractivity (Wildman–Crippen MR) is 99.0 cm³/mol. The van der Waals surface area contributed by atoms with Crippen LogP contribution in [0, 0.1) is 5.41 Å². The molecule has 23 heavy (non-hydrogen) atoms. The summed E-state index contributed by atoms with van der Waals surface area (Å²) in [7, 11) is 4.02. The highest BCUT2D eigenvalue weighted by Gasteiger charge is 2.22. The van der Waals surface area contributed by atoms with Crippen molar-refractivity contribution in [2.75, 3.05) is 25.5 Å². The number of benzene rings is 1. The smallest absolute Gasteiger partial charge is 0.185 e. The number of nitrogens with zero attached hydrogens (tertiary/aromatic N) is 2. The quantitative estimate of drug-likeness (QED) is 0.851. The molecular formula is C18H27N3OS. The van der Waals surface area contributed by atoms with Crippen LogP contribution in [0.3, 0.4) is 0 Å². The summed E-state index contributed by atoms with van der Waals surface area (Å²) in [6.45, 7) is 7.43. The van der Waals surface area contributed by atoms with Crippen LogP contribution in [-0.2, 0) is 6.54 Å². The number of thiazole rings is 1. The number of aliphatic hydroxyl groups is 1. The van der Waals surface area contributed by atoms with Gasteiger partial charge in [0.15, 0.2) is 5.13 Å². The summed E-state index contributed by atoms with van der Waals surface area (Å²) >= 11 is 1.69. The van der Waals surface area contributed by atoms with Crippen molar-refractivity contribution in [3.8, 4) is 11.3 Å². The van der Waals surface area contributed by atoms with Crippen LogP contribution < -0.4 is 10.2 Å². The van der Waals surface area contributed by atoms with Crippen molar-refractivity contribution in [3.63, 3.8) is 0 Å². The first-order chi connectivity index (χ1) is 10.8. The lowest BCUT2D eigenvalue weighted by molar-refractivity contribution is 0.0628. The third kappa shape index (κ3) is 4.77. The molecule has 0 aliphatic rings. The van der Waals surface area contributed by atoms with Crippen molar-refractivity contribution in [2.45, 2.75) is 33.4 Å². The summed E-state index contributed by atoms with van der Waals surface area (Å²) < 4.78 is 0. The molecule has 1 heterocycles. The largest absolute Gasteiger partial charge is 0.391 e. The number of hydrogen-bond acceptors (Lipinski definition) is 5. The molecule has 0 aliphatic heterocycles. The zero-order valence-corrected chi connectivity index (χ0v) is 15.4. The molecule has 0 spiro atoms. The molecule has 1 aromatic heterocycles. The van der Waals surface area contributed by atoms with Gasteiger partial charge in [-0.15, -0.1) is 0 Å². The normalized spacial score (nSPS) is 13.1. The number of nitrogens with one attached hydrogen (secondary N) is 1. The van der Waals surface area contributed by atoms with E-state index in [1.54, 1.807) is 11.3 Å². The van der Waals surface area contributed by atoms with Gasteiger partial charge in [0.25, 0.3) is 0 Å². The Hall–Kier alpha value is -1.43. The van der Waals surface area contributed by atoms with Crippen molar-refractivity contribution in [2.24, 2.45) is 5.41 Å². The van der Waals surface area contributed by atoms with E-state index in [9.17, 15) is 5.11 Å². The van der Waals surface area contributed by atoms with E-state index >= 15 is 0 Å². The van der Waals surface area contributed by atoms with Gasteiger partial charge < -0.3 is 15.3 Å². The van der Waals surface area contributed by atoms with Crippen LogP contribution in [0.2, 0.25) is 0 Å². The molecule has 1 aromatic carbocycles. The standard InChI is InChI=1S/C18H27N3OS/c1-18(2,3)15(22)12-19-11-14-16(13-9-7-6-8-10-13)20-17(23-14)21(4)5/h6-10,15,19,22H,11-12H2,1-5H3. The van der Waals surface area contributed by atoms with Crippen molar-refractivity contribution in [3.05, 3.63) is 35.2 Å². The van der Waals surface area contributed by atoms with Crippen LogP contribution in [0.5, 0.6) is 0 Å². The lowest BCUT2D eigenvalue weighted by Crippen LogP contribution is -2.36. The second-order valence-corrected chi connectivity index (χ2v) is 8.10. The van der Waals surface area contributed by atoms with Crippen molar-refractivity contribution < 1.29 is 5.11 Å². The SMILES string of the molecule is CN(C)c1nc(-c2ccccc2)c(CNCC(O)C(C)(C)C)s1. The first-order valence-electron chi connectivity index (χ1n) is 7.90. The molecule has 2 rings (SSSR count). The summed E-state index contributed by atoms with van der Waals surface area (Å²) in [5.74, 6) is 0. The maximum atomic E-state index is 10.2. The molecule has 0 fully saturated rings. The molecule has 0 aliphatic carbocycles. The van der Waals surface area contributed by atoms with Gasteiger partial charge in [0.2, 0.25) is 0 Å². The summed E-state index contributed by atoms with van der Waals surface area (Å²) in [4.78, 5) is 8.00. The molecule has 0 bridgehead atoms. The molecule has 1 unspecified atom stereocenters. The van der Waals surface area contributed by atoms with Crippen molar-refractivity contribution >= 4 is 16.5 Å². The van der Waals surface area contributed by atoms with E-state index in [2.05, 4.69) is 17.4 Å². The lowest BCUT2D eigenvalue weighted by atomic mass is 9.89. The van der Waals surface area contributed by atoms with Gasteiger partial charge >= 0.3 is 0 Å². The maximum Gasteiger partial charge on any atom is 0.185 e. The summed E-state index contributed by atoms with van der Waals surface area (Å²) in [6.07, 6.45) is -0.371. The van der Waals surface area contributed by atoms with Gasteiger partial charge in [-0.3, -0.25) is 0 Å². The molecule has 2 aromatic rings. The summed E-state index contributed by atoms with van der Waals surface area (Å²) in [5.41, 5.74) is 2.04. The minimum absolute atomic E-state index is 0.113. The van der Waals surface area contributed by atoms with Gasteiger partial charge in [0, 0.05) is 37.6 Å². The van der Waals surface area contributed by atoms with Crippen molar-refractivity contribution in [1.82, 2.24) is 10.3 Å². The zero-order valence-electron chi connectivity index (χ0n) is 14.6. The van der Waals surface area contributed by atoms with E-state index in [0.29, 0.717) is 13.1 Å². The fourth-order valence-corrected chi connectivity index (χ4v) is 3.07. The number of aliphatic hydroxyl groups excluding tert-OH is 1. The van der Waals surface area contributed by atoms with Crippen LogP contribution >= 0.6 is 11.3 Å². The monoisotopic (exact) mass is 333 g/mol. The number of rotatable bonds is 6. The van der Waals surface area contributed by atoms with Crippen LogP contribution in [-0.4, -0.2) is 36.8 Å². The summed E-state index contributed by atoms with van der Waals surface area (Å²) in [5, 5.41) is 14.5. The van der Waals surface area contributed by atoms with Gasteiger partial charge in [0.05, 0.1) is 11.8 Å². The summed E-state index contributed by atoms with van der Waals surface area (Å²) in [6, 6.07) is 10.2. The highest BCUT2D eigenvalue weighted by Crippen LogP contribution is 2.32. The van der Waals surface area contributed by atoms with E-state index in [1.807, 2.05) is 58.0 Å². The second-order valence-electron chi connectivity index (χ2n) is 7.04. The molecule has 2 N–H and O–H groups in total. The average Bonchev–Trinajstić information content (AvgIpc) is 2.91. The minimum atomic E-state index is -0.371. The average molecular weight is 334 g/mol. The van der Waals surface area contributed by atoms with Gasteiger partial charge in [-0.1, -0.05) is 62.4 Å². The Morgan fingerprint density at radius 2 is 1.87 bits per heavy atom. The van der Waals surface area contributed by atoms with Crippen LogP contribution in [0.1, 0.15) is 25.6 Å². The zero-order chi connectivity index (χ0) is 17.0. The van der Waals surface area contributed by atoms with Gasteiger partial charge in [0.1, 0.15) is 0 Å². The molecule has 5 heteroatoms. The molecule has 126 valence electrons. The van der Waals surface area contributed by atoms with E-state index in [4.69, 9.17) is 4.98 Å². The molecule has 0 saturated heterocycles. The maximum absolute atomic E-state index is 10.2. The Kier molecular flexibility index (Phi) is 5.79. The van der Waals surface area contributed by atoms with Crippen molar-refractivity contribution in [1.29, 1.82) is 0 Å². The first-order valence-corrected chi connectivity index (χ1v) is 8.72. The van der Waals surface area contributed by atoms with Crippen LogP contribution in [0.25, 0.3) is 11.3 Å². The Labute approximate surface area is 143 Å². The van der Waals surface area contributed by atoms with E-state index < -0.39 is 0 Å². The highest BCUT2D eigenvalue weighted by atomic mass is 32.1. The Balaban J connectivity index is 2.14. The molecular weight excluding hydrogens is 306 g/mol. The predicted octanol–water partition coefficient (Wildman–Crippen LogP) is 3.37. The minimum Gasteiger partial charge on any atom is -0.391 e. The molecule has 0 amide bonds. The molecule has 0 radical (unpaired) electrons. The Morgan fingerprint density at radius 1 is 1.22 bits per heavy atom. The van der Waals surface area contributed by atoms with E-state index in [-0.39, 0.29) is 11.5 Å². The first kappa shape index (κ1) is 17.9. The number of aromatic nitrogens is 1. The van der Waals surface area contributed by atoms with Gasteiger partial charge in [-0.25, -0.2) is 4.98 Å². The van der Waals surface area contributed by atoms with Crippen LogP contribution in [0.4, 0.5) is 5.13 Å². The second kappa shape index (κ2) is 7.43. The third-order valence-electron chi connectivity index (χ3n) is 3.74.